The molecular weight excluding hydrogens is 592 g/mol. The summed E-state index contributed by atoms with van der Waals surface area (Å²) >= 11 is 9.82. The lowest BCUT2D eigenvalue weighted by Gasteiger charge is -2.39. The van der Waals surface area contributed by atoms with Crippen LogP contribution < -0.4 is 9.80 Å². The zero-order valence-corrected chi connectivity index (χ0v) is 24.6. The van der Waals surface area contributed by atoms with Gasteiger partial charge >= 0.3 is 0 Å². The number of anilines is 2. The van der Waals surface area contributed by atoms with Crippen LogP contribution in [0.25, 0.3) is 0 Å². The second kappa shape index (κ2) is 11.2. The summed E-state index contributed by atoms with van der Waals surface area (Å²) in [4.78, 5) is 31.7. The molecule has 0 radical (unpaired) electrons. The third-order valence-corrected chi connectivity index (χ3v) is 10.9. The number of piperidine rings is 1. The molecule has 3 aliphatic rings. The zero-order chi connectivity index (χ0) is 27.0. The molecule has 2 aromatic rings. The van der Waals surface area contributed by atoms with Gasteiger partial charge in [0.25, 0.3) is 0 Å². The third-order valence-electron chi connectivity index (χ3n) is 7.77. The van der Waals surface area contributed by atoms with Crippen LogP contribution >= 0.6 is 27.5 Å². The molecule has 0 aliphatic carbocycles. The van der Waals surface area contributed by atoms with Crippen molar-refractivity contribution in [3.05, 3.63) is 51.5 Å². The van der Waals surface area contributed by atoms with Crippen molar-refractivity contribution in [2.75, 3.05) is 55.6 Å². The van der Waals surface area contributed by atoms with Gasteiger partial charge in [0.15, 0.2) is 0 Å². The van der Waals surface area contributed by atoms with Crippen LogP contribution in [0.15, 0.2) is 45.8 Å². The average Bonchev–Trinajstić information content (AvgIpc) is 3.35. The van der Waals surface area contributed by atoms with Crippen molar-refractivity contribution >= 4 is 60.7 Å². The van der Waals surface area contributed by atoms with E-state index in [-0.39, 0.29) is 29.2 Å². The molecule has 2 fully saturated rings. The minimum absolute atomic E-state index is 0.0106. The van der Waals surface area contributed by atoms with Crippen molar-refractivity contribution in [3.8, 4) is 0 Å². The number of hydrogen-bond acceptors (Lipinski definition) is 5. The maximum Gasteiger partial charge on any atom is 0.244 e. The van der Waals surface area contributed by atoms with E-state index in [1.807, 2.05) is 35.2 Å². The molecule has 204 valence electrons. The maximum atomic E-state index is 13.8. The average molecular weight is 624 g/mol. The smallest absolute Gasteiger partial charge is 0.244 e. The summed E-state index contributed by atoms with van der Waals surface area (Å²) in [7, 11) is -3.86. The molecule has 5 rings (SSSR count). The predicted octanol–water partition coefficient (Wildman–Crippen LogP) is 4.15. The number of carbonyl (C=O) groups is 2. The van der Waals surface area contributed by atoms with Gasteiger partial charge in [0, 0.05) is 62.4 Å². The molecule has 0 spiro atoms. The Labute approximate surface area is 237 Å². The third kappa shape index (κ3) is 5.20. The molecule has 2 amide bonds. The van der Waals surface area contributed by atoms with Crippen LogP contribution in [-0.4, -0.2) is 75.3 Å². The summed E-state index contributed by atoms with van der Waals surface area (Å²) in [5, 5.41) is 0.695. The zero-order valence-electron chi connectivity index (χ0n) is 21.4. The number of rotatable bonds is 5. The van der Waals surface area contributed by atoms with Crippen molar-refractivity contribution in [2.24, 2.45) is 5.92 Å². The SMILES string of the molecule is CCC(=O)N1CCc2cc(Br)c(S(=O)(=O)N3CCC[C@H](C(=O)N4CCN(c5ccccc5Cl)CC4)C3)cc21. The summed E-state index contributed by atoms with van der Waals surface area (Å²) in [5.74, 6) is -0.388. The van der Waals surface area contributed by atoms with E-state index in [4.69, 9.17) is 11.6 Å². The highest BCUT2D eigenvalue weighted by Gasteiger charge is 2.38. The highest BCUT2D eigenvalue weighted by Crippen LogP contribution is 2.38. The molecule has 0 saturated carbocycles. The molecule has 8 nitrogen and oxygen atoms in total. The standard InChI is InChI=1S/C27H32BrClN4O4S/c1-2-26(34)33-11-9-19-16-21(28)25(17-24(19)33)38(36,37)32-10-5-6-20(18-32)27(35)31-14-12-30(13-15-31)23-8-4-3-7-22(23)29/h3-4,7-8,16-17,20H,2,5-6,9-15,18H2,1H3/t20-/m0/s1. The van der Waals surface area contributed by atoms with Gasteiger partial charge < -0.3 is 14.7 Å². The Hall–Kier alpha value is -2.14. The van der Waals surface area contributed by atoms with E-state index in [0.717, 1.165) is 11.3 Å². The highest BCUT2D eigenvalue weighted by molar-refractivity contribution is 9.10. The fraction of sp³-hybridized carbons (Fsp3) is 0.481. The van der Waals surface area contributed by atoms with Crippen molar-refractivity contribution in [3.63, 3.8) is 0 Å². The number of para-hydroxylation sites is 1. The lowest BCUT2D eigenvalue weighted by molar-refractivity contribution is -0.137. The summed E-state index contributed by atoms with van der Waals surface area (Å²) in [6, 6.07) is 11.1. The highest BCUT2D eigenvalue weighted by atomic mass is 79.9. The number of sulfonamides is 1. The van der Waals surface area contributed by atoms with Gasteiger partial charge in [-0.25, -0.2) is 8.42 Å². The Balaban J connectivity index is 1.28. The van der Waals surface area contributed by atoms with Gasteiger partial charge in [0.1, 0.15) is 0 Å². The van der Waals surface area contributed by atoms with Gasteiger partial charge in [0.2, 0.25) is 21.8 Å². The summed E-state index contributed by atoms with van der Waals surface area (Å²) in [5.41, 5.74) is 2.59. The van der Waals surface area contributed by atoms with Crippen LogP contribution in [0.1, 0.15) is 31.7 Å². The molecule has 0 N–H and O–H groups in total. The topological polar surface area (TPSA) is 81.2 Å². The van der Waals surface area contributed by atoms with Crippen LogP contribution in [0.4, 0.5) is 11.4 Å². The van der Waals surface area contributed by atoms with E-state index >= 15 is 0 Å². The number of nitrogens with zero attached hydrogens (tertiary/aromatic N) is 4. The minimum Gasteiger partial charge on any atom is -0.367 e. The normalized spacial score (nSPS) is 20.5. The predicted molar refractivity (Wildman–Crippen MR) is 152 cm³/mol. The van der Waals surface area contributed by atoms with Gasteiger partial charge in [-0.2, -0.15) is 4.31 Å². The molecular formula is C27H32BrClN4O4S. The van der Waals surface area contributed by atoms with Crippen molar-refractivity contribution in [1.82, 2.24) is 9.21 Å². The molecule has 11 heteroatoms. The fourth-order valence-corrected chi connectivity index (χ4v) is 8.52. The van der Waals surface area contributed by atoms with Gasteiger partial charge in [-0.1, -0.05) is 30.7 Å². The number of halogens is 2. The van der Waals surface area contributed by atoms with Gasteiger partial charge in [-0.15, -0.1) is 0 Å². The van der Waals surface area contributed by atoms with Crippen LogP contribution in [0.3, 0.4) is 0 Å². The Morgan fingerprint density at radius 1 is 1.03 bits per heavy atom. The van der Waals surface area contributed by atoms with Crippen LogP contribution in [0, 0.1) is 5.92 Å². The Bertz CT molecular complexity index is 1350. The van der Waals surface area contributed by atoms with Gasteiger partial charge in [0.05, 0.1) is 21.5 Å². The molecule has 2 aromatic carbocycles. The van der Waals surface area contributed by atoms with Crippen LogP contribution in [0.2, 0.25) is 5.02 Å². The van der Waals surface area contributed by atoms with Crippen molar-refractivity contribution in [1.29, 1.82) is 0 Å². The largest absolute Gasteiger partial charge is 0.367 e. The number of fused-ring (bicyclic) bond motifs is 1. The molecule has 38 heavy (non-hydrogen) atoms. The van der Waals surface area contributed by atoms with E-state index in [1.165, 1.54) is 4.31 Å². The molecule has 3 aliphatic heterocycles. The fourth-order valence-electron chi connectivity index (χ4n) is 5.67. The Kier molecular flexibility index (Phi) is 8.05. The van der Waals surface area contributed by atoms with Gasteiger partial charge in [-0.05, 0) is 65.0 Å². The molecule has 0 bridgehead atoms. The lowest BCUT2D eigenvalue weighted by Crippen LogP contribution is -2.53. The first-order chi connectivity index (χ1) is 18.2. The van der Waals surface area contributed by atoms with E-state index in [1.54, 1.807) is 17.9 Å². The number of hydrogen-bond donors (Lipinski definition) is 0. The first kappa shape index (κ1) is 27.4. The maximum absolute atomic E-state index is 13.8. The summed E-state index contributed by atoms with van der Waals surface area (Å²) in [6.45, 7) is 5.40. The van der Waals surface area contributed by atoms with Crippen LogP contribution in [-0.2, 0) is 26.0 Å². The quantitative estimate of drug-likeness (QED) is 0.500. The second-order valence-electron chi connectivity index (χ2n) is 10.0. The Morgan fingerprint density at radius 2 is 1.76 bits per heavy atom. The summed E-state index contributed by atoms with van der Waals surface area (Å²) in [6.07, 6.45) is 2.35. The van der Waals surface area contributed by atoms with Gasteiger partial charge in [-0.3, -0.25) is 9.59 Å². The molecule has 0 unspecified atom stereocenters. The summed E-state index contributed by atoms with van der Waals surface area (Å²) < 4.78 is 29.5. The van der Waals surface area contributed by atoms with Crippen molar-refractivity contribution < 1.29 is 18.0 Å². The second-order valence-corrected chi connectivity index (χ2v) is 13.2. The monoisotopic (exact) mass is 622 g/mol. The van der Waals surface area contributed by atoms with E-state index in [9.17, 15) is 18.0 Å². The molecule has 2 saturated heterocycles. The minimum atomic E-state index is -3.86. The molecule has 3 heterocycles. The number of carbonyl (C=O) groups excluding carboxylic acids is 2. The van der Waals surface area contributed by atoms with E-state index in [2.05, 4.69) is 20.8 Å². The molecule has 0 aromatic heterocycles. The van der Waals surface area contributed by atoms with Crippen LogP contribution in [0.5, 0.6) is 0 Å². The number of amides is 2. The van der Waals surface area contributed by atoms with Crippen molar-refractivity contribution in [2.45, 2.75) is 37.5 Å². The number of piperazine rings is 1. The number of benzene rings is 2. The molecule has 1 atom stereocenters. The lowest BCUT2D eigenvalue weighted by atomic mass is 9.97. The first-order valence-corrected chi connectivity index (χ1v) is 15.7. The van der Waals surface area contributed by atoms with E-state index in [0.29, 0.717) is 80.1 Å². The first-order valence-electron chi connectivity index (χ1n) is 13.1. The Morgan fingerprint density at radius 3 is 2.47 bits per heavy atom. The van der Waals surface area contributed by atoms with E-state index < -0.39 is 10.0 Å².